The lowest BCUT2D eigenvalue weighted by Gasteiger charge is -2.11. The number of rotatable bonds is 4. The molecule has 3 nitrogen and oxygen atoms in total. The van der Waals surface area contributed by atoms with Crippen molar-refractivity contribution in [3.05, 3.63) is 28.5 Å². The normalized spacial score (nSPS) is 11.6. The van der Waals surface area contributed by atoms with Gasteiger partial charge in [0.25, 0.3) is 5.91 Å². The molecule has 0 saturated carbocycles. The van der Waals surface area contributed by atoms with Crippen LogP contribution >= 0.6 is 15.9 Å². The molecule has 1 heterocycles. The second kappa shape index (κ2) is 6.29. The Balaban J connectivity index is 2.73. The summed E-state index contributed by atoms with van der Waals surface area (Å²) in [4.78, 5) is 15.8. The third kappa shape index (κ3) is 3.35. The number of carbonyl (C=O) groups excluding carboxylic acids is 1. The fourth-order valence-electron chi connectivity index (χ4n) is 1.27. The lowest BCUT2D eigenvalue weighted by atomic mass is 10.2. The molecule has 84 valence electrons. The molecule has 0 aliphatic rings. The fraction of sp³-hybridized carbons (Fsp3) is 0.333. The van der Waals surface area contributed by atoms with Gasteiger partial charge in [-0.05, 0) is 34.5 Å². The van der Waals surface area contributed by atoms with Gasteiger partial charge in [0.2, 0.25) is 0 Å². The predicted molar refractivity (Wildman–Crippen MR) is 66.9 cm³/mol. The van der Waals surface area contributed by atoms with Gasteiger partial charge >= 0.3 is 0 Å². The van der Waals surface area contributed by atoms with Crippen molar-refractivity contribution >= 4 is 21.8 Å². The molecule has 4 heteroatoms. The molecule has 1 N–H and O–H groups in total. The minimum atomic E-state index is -0.246. The maximum Gasteiger partial charge on any atom is 0.272 e. The van der Waals surface area contributed by atoms with E-state index in [-0.39, 0.29) is 11.9 Å². The van der Waals surface area contributed by atoms with Crippen molar-refractivity contribution in [1.29, 1.82) is 0 Å². The van der Waals surface area contributed by atoms with E-state index in [0.29, 0.717) is 10.2 Å². The molecule has 1 aromatic rings. The molecule has 1 aromatic heterocycles. The van der Waals surface area contributed by atoms with Crippen LogP contribution in [-0.2, 0) is 0 Å². The van der Waals surface area contributed by atoms with Crippen molar-refractivity contribution < 1.29 is 4.79 Å². The van der Waals surface area contributed by atoms with Gasteiger partial charge in [0, 0.05) is 10.7 Å². The summed E-state index contributed by atoms with van der Waals surface area (Å²) in [6, 6.07) is 3.30. The minimum Gasteiger partial charge on any atom is -0.337 e. The zero-order valence-electron chi connectivity index (χ0n) is 9.03. The van der Waals surface area contributed by atoms with E-state index in [4.69, 9.17) is 6.42 Å². The molecule has 0 radical (unpaired) electrons. The van der Waals surface area contributed by atoms with Gasteiger partial charge in [0.1, 0.15) is 5.69 Å². The van der Waals surface area contributed by atoms with E-state index >= 15 is 0 Å². The van der Waals surface area contributed by atoms with E-state index in [1.165, 1.54) is 0 Å². The van der Waals surface area contributed by atoms with Crippen LogP contribution in [0.2, 0.25) is 0 Å². The summed E-state index contributed by atoms with van der Waals surface area (Å²) in [5, 5.41) is 2.76. The predicted octanol–water partition coefficient (Wildman–Crippen LogP) is 2.38. The summed E-state index contributed by atoms with van der Waals surface area (Å²) in [5.74, 6) is 2.30. The highest BCUT2D eigenvalue weighted by Crippen LogP contribution is 2.13. The van der Waals surface area contributed by atoms with Gasteiger partial charge < -0.3 is 5.32 Å². The number of nitrogens with one attached hydrogen (secondary N) is 1. The Morgan fingerprint density at radius 1 is 1.75 bits per heavy atom. The van der Waals surface area contributed by atoms with Crippen LogP contribution in [0.4, 0.5) is 0 Å². The molecule has 0 aliphatic carbocycles. The molecule has 1 amide bonds. The monoisotopic (exact) mass is 280 g/mol. The number of hydrogen-bond acceptors (Lipinski definition) is 2. The molecular formula is C12H13BrN2O. The first kappa shape index (κ1) is 12.7. The average Bonchev–Trinajstić information content (AvgIpc) is 2.28. The Kier molecular flexibility index (Phi) is 5.00. The van der Waals surface area contributed by atoms with Gasteiger partial charge in [-0.1, -0.05) is 19.3 Å². The zero-order valence-corrected chi connectivity index (χ0v) is 10.6. The van der Waals surface area contributed by atoms with E-state index in [0.717, 1.165) is 12.8 Å². The van der Waals surface area contributed by atoms with Crippen LogP contribution in [0.5, 0.6) is 0 Å². The smallest absolute Gasteiger partial charge is 0.272 e. The van der Waals surface area contributed by atoms with Crippen molar-refractivity contribution in [2.75, 3.05) is 0 Å². The molecule has 0 saturated heterocycles. The number of hydrogen-bond donors (Lipinski definition) is 1. The molecule has 0 aliphatic heterocycles. The Labute approximate surface area is 104 Å². The Hall–Kier alpha value is -1.34. The Morgan fingerprint density at radius 2 is 2.50 bits per heavy atom. The summed E-state index contributed by atoms with van der Waals surface area (Å²) in [6.07, 6.45) is 8.60. The number of terminal acetylenes is 1. The summed E-state index contributed by atoms with van der Waals surface area (Å²) >= 11 is 3.27. The molecular weight excluding hydrogens is 268 g/mol. The van der Waals surface area contributed by atoms with E-state index in [1.54, 1.807) is 18.3 Å². The van der Waals surface area contributed by atoms with Crippen molar-refractivity contribution in [2.24, 2.45) is 0 Å². The number of pyridine rings is 1. The second-order valence-corrected chi connectivity index (χ2v) is 4.17. The first-order chi connectivity index (χ1) is 7.69. The molecule has 0 spiro atoms. The van der Waals surface area contributed by atoms with Crippen LogP contribution in [0.3, 0.4) is 0 Å². The van der Waals surface area contributed by atoms with E-state index in [9.17, 15) is 4.79 Å². The number of halogens is 1. The lowest BCUT2D eigenvalue weighted by molar-refractivity contribution is 0.0938. The third-order valence-corrected chi connectivity index (χ3v) is 2.70. The molecule has 0 fully saturated rings. The van der Waals surface area contributed by atoms with Crippen molar-refractivity contribution in [3.63, 3.8) is 0 Å². The highest BCUT2D eigenvalue weighted by atomic mass is 79.9. The number of nitrogens with zero attached hydrogens (tertiary/aromatic N) is 1. The average molecular weight is 281 g/mol. The lowest BCUT2D eigenvalue weighted by Crippen LogP contribution is -2.34. The number of amides is 1. The first-order valence-electron chi connectivity index (χ1n) is 5.06. The second-order valence-electron chi connectivity index (χ2n) is 3.32. The Bertz CT molecular complexity index is 412. The van der Waals surface area contributed by atoms with Crippen molar-refractivity contribution in [3.8, 4) is 12.3 Å². The van der Waals surface area contributed by atoms with E-state index < -0.39 is 0 Å². The van der Waals surface area contributed by atoms with Gasteiger partial charge in [-0.15, -0.1) is 6.42 Å². The van der Waals surface area contributed by atoms with Gasteiger partial charge in [-0.3, -0.25) is 4.79 Å². The SMILES string of the molecule is C#CC(CCC)NC(=O)c1ncccc1Br. The summed E-state index contributed by atoms with van der Waals surface area (Å²) in [6.45, 7) is 2.02. The van der Waals surface area contributed by atoms with Crippen LogP contribution in [0.25, 0.3) is 0 Å². The molecule has 0 aromatic carbocycles. The van der Waals surface area contributed by atoms with Crippen LogP contribution in [0.15, 0.2) is 22.8 Å². The maximum atomic E-state index is 11.8. The quantitative estimate of drug-likeness (QED) is 0.861. The molecule has 0 bridgehead atoms. The van der Waals surface area contributed by atoms with Crippen LogP contribution in [0, 0.1) is 12.3 Å². The molecule has 1 unspecified atom stereocenters. The van der Waals surface area contributed by atoms with Crippen LogP contribution in [-0.4, -0.2) is 16.9 Å². The van der Waals surface area contributed by atoms with Gasteiger partial charge in [0.05, 0.1) is 6.04 Å². The Morgan fingerprint density at radius 3 is 3.06 bits per heavy atom. The minimum absolute atomic E-state index is 0.230. The standard InChI is InChI=1S/C12H13BrN2O/c1-3-6-9(4-2)15-12(16)11-10(13)7-5-8-14-11/h2,5,7-9H,3,6H2,1H3,(H,15,16). The van der Waals surface area contributed by atoms with Crippen molar-refractivity contribution in [2.45, 2.75) is 25.8 Å². The first-order valence-corrected chi connectivity index (χ1v) is 5.85. The van der Waals surface area contributed by atoms with E-state index in [1.807, 2.05) is 6.92 Å². The molecule has 1 rings (SSSR count). The van der Waals surface area contributed by atoms with Crippen LogP contribution in [0.1, 0.15) is 30.3 Å². The maximum absolute atomic E-state index is 11.8. The molecule has 16 heavy (non-hydrogen) atoms. The van der Waals surface area contributed by atoms with Gasteiger partial charge in [0.15, 0.2) is 0 Å². The highest BCUT2D eigenvalue weighted by molar-refractivity contribution is 9.10. The third-order valence-electron chi connectivity index (χ3n) is 2.06. The molecule has 1 atom stereocenters. The number of carbonyl (C=O) groups is 1. The van der Waals surface area contributed by atoms with Gasteiger partial charge in [-0.25, -0.2) is 4.98 Å². The fourth-order valence-corrected chi connectivity index (χ4v) is 1.70. The van der Waals surface area contributed by atoms with E-state index in [2.05, 4.69) is 32.2 Å². The summed E-state index contributed by atoms with van der Waals surface area (Å²) < 4.78 is 0.666. The highest BCUT2D eigenvalue weighted by Gasteiger charge is 2.14. The van der Waals surface area contributed by atoms with Gasteiger partial charge in [-0.2, -0.15) is 0 Å². The number of aromatic nitrogens is 1. The zero-order chi connectivity index (χ0) is 12.0. The topological polar surface area (TPSA) is 42.0 Å². The van der Waals surface area contributed by atoms with Crippen LogP contribution < -0.4 is 5.32 Å². The summed E-state index contributed by atoms with van der Waals surface area (Å²) in [7, 11) is 0. The summed E-state index contributed by atoms with van der Waals surface area (Å²) in [5.41, 5.74) is 0.360. The largest absolute Gasteiger partial charge is 0.337 e. The van der Waals surface area contributed by atoms with Crippen molar-refractivity contribution in [1.82, 2.24) is 10.3 Å².